The van der Waals surface area contributed by atoms with Gasteiger partial charge in [0.25, 0.3) is 5.56 Å². The lowest BCUT2D eigenvalue weighted by atomic mass is 10.1. The van der Waals surface area contributed by atoms with E-state index >= 15 is 0 Å². The van der Waals surface area contributed by atoms with Crippen LogP contribution in [-0.4, -0.2) is 27.5 Å². The van der Waals surface area contributed by atoms with Crippen molar-refractivity contribution < 1.29 is 14.6 Å². The molecular weight excluding hydrogens is 272 g/mol. The molecule has 0 fully saturated rings. The van der Waals surface area contributed by atoms with E-state index in [-0.39, 0.29) is 5.56 Å². The Labute approximate surface area is 121 Å². The summed E-state index contributed by atoms with van der Waals surface area (Å²) in [6.45, 7) is 2.66. The zero-order valence-electron chi connectivity index (χ0n) is 11.9. The van der Waals surface area contributed by atoms with Crippen molar-refractivity contribution in [3.05, 3.63) is 46.2 Å². The van der Waals surface area contributed by atoms with Crippen LogP contribution in [0.15, 0.2) is 35.1 Å². The van der Waals surface area contributed by atoms with Gasteiger partial charge in [0.15, 0.2) is 0 Å². The number of carbonyl (C=O) groups is 1. The Morgan fingerprint density at radius 1 is 1.33 bits per heavy atom. The molecule has 0 aliphatic carbocycles. The highest BCUT2D eigenvalue weighted by atomic mass is 16.5. The van der Waals surface area contributed by atoms with Gasteiger partial charge in [0.2, 0.25) is 0 Å². The van der Waals surface area contributed by atoms with Crippen molar-refractivity contribution in [1.82, 2.24) is 9.78 Å². The van der Waals surface area contributed by atoms with Crippen molar-refractivity contribution in [2.24, 2.45) is 7.05 Å². The summed E-state index contributed by atoms with van der Waals surface area (Å²) in [7, 11) is 1.43. The average Bonchev–Trinajstić information content (AvgIpc) is 2.48. The Morgan fingerprint density at radius 2 is 2.00 bits per heavy atom. The second-order valence-corrected chi connectivity index (χ2v) is 4.55. The summed E-state index contributed by atoms with van der Waals surface area (Å²) in [6.07, 6.45) is 0.923. The van der Waals surface area contributed by atoms with Gasteiger partial charge in [-0.05, 0) is 36.8 Å². The molecule has 1 aromatic carbocycles. The van der Waals surface area contributed by atoms with Gasteiger partial charge < -0.3 is 9.84 Å². The first kappa shape index (κ1) is 14.8. The van der Waals surface area contributed by atoms with Crippen LogP contribution in [0.5, 0.6) is 5.75 Å². The molecule has 0 aliphatic rings. The molecule has 0 aliphatic heterocycles. The summed E-state index contributed by atoms with van der Waals surface area (Å²) in [4.78, 5) is 22.7. The van der Waals surface area contributed by atoms with E-state index in [0.29, 0.717) is 12.3 Å². The maximum Gasteiger partial charge on any atom is 0.341 e. The number of aromatic carboxylic acids is 1. The van der Waals surface area contributed by atoms with Crippen LogP contribution in [-0.2, 0) is 7.05 Å². The van der Waals surface area contributed by atoms with Crippen LogP contribution in [0, 0.1) is 0 Å². The first-order valence-corrected chi connectivity index (χ1v) is 6.57. The highest BCUT2D eigenvalue weighted by Crippen LogP contribution is 2.20. The smallest absolute Gasteiger partial charge is 0.341 e. The van der Waals surface area contributed by atoms with Crippen molar-refractivity contribution in [2.75, 3.05) is 6.61 Å². The molecule has 2 rings (SSSR count). The molecule has 0 spiro atoms. The van der Waals surface area contributed by atoms with E-state index in [2.05, 4.69) is 5.10 Å². The second-order valence-electron chi connectivity index (χ2n) is 4.55. The summed E-state index contributed by atoms with van der Waals surface area (Å²) in [5, 5.41) is 13.1. The fourth-order valence-electron chi connectivity index (χ4n) is 1.84. The first-order valence-electron chi connectivity index (χ1n) is 6.57. The van der Waals surface area contributed by atoms with Crippen molar-refractivity contribution in [3.63, 3.8) is 0 Å². The fraction of sp³-hybridized carbons (Fsp3) is 0.267. The SMILES string of the molecule is CCCOc1ccc(-c2cc(C(=O)O)c(=O)n(C)n2)cc1. The molecule has 6 heteroatoms. The highest BCUT2D eigenvalue weighted by molar-refractivity contribution is 5.88. The number of hydrogen-bond acceptors (Lipinski definition) is 4. The minimum atomic E-state index is -1.26. The van der Waals surface area contributed by atoms with Crippen molar-refractivity contribution >= 4 is 5.97 Å². The lowest BCUT2D eigenvalue weighted by Gasteiger charge is -2.07. The normalized spacial score (nSPS) is 10.4. The lowest BCUT2D eigenvalue weighted by molar-refractivity contribution is 0.0694. The maximum absolute atomic E-state index is 11.7. The Balaban J connectivity index is 2.38. The molecule has 0 atom stereocenters. The van der Waals surface area contributed by atoms with Gasteiger partial charge in [-0.1, -0.05) is 6.92 Å². The number of benzene rings is 1. The van der Waals surface area contributed by atoms with Crippen molar-refractivity contribution in [1.29, 1.82) is 0 Å². The van der Waals surface area contributed by atoms with Gasteiger partial charge >= 0.3 is 5.97 Å². The molecule has 0 amide bonds. The van der Waals surface area contributed by atoms with Crippen molar-refractivity contribution in [3.8, 4) is 17.0 Å². The average molecular weight is 288 g/mol. The van der Waals surface area contributed by atoms with Gasteiger partial charge in [0.05, 0.1) is 12.3 Å². The van der Waals surface area contributed by atoms with Crippen LogP contribution < -0.4 is 10.3 Å². The molecule has 1 aromatic heterocycles. The molecule has 6 nitrogen and oxygen atoms in total. The molecule has 110 valence electrons. The predicted octanol–water partition coefficient (Wildman–Crippen LogP) is 1.93. The van der Waals surface area contributed by atoms with E-state index in [4.69, 9.17) is 9.84 Å². The summed E-state index contributed by atoms with van der Waals surface area (Å²) >= 11 is 0. The summed E-state index contributed by atoms with van der Waals surface area (Å²) in [5.74, 6) is -0.522. The van der Waals surface area contributed by atoms with Gasteiger partial charge in [-0.2, -0.15) is 5.10 Å². The van der Waals surface area contributed by atoms with Crippen LogP contribution in [0.4, 0.5) is 0 Å². The standard InChI is InChI=1S/C15H16N2O4/c1-3-8-21-11-6-4-10(5-7-11)13-9-12(15(19)20)14(18)17(2)16-13/h4-7,9H,3,8H2,1-2H3,(H,19,20). The number of rotatable bonds is 5. The van der Waals surface area contributed by atoms with Gasteiger partial charge in [-0.25, -0.2) is 9.48 Å². The van der Waals surface area contributed by atoms with Crippen LogP contribution in [0.25, 0.3) is 11.3 Å². The predicted molar refractivity (Wildman–Crippen MR) is 77.7 cm³/mol. The molecule has 1 heterocycles. The third kappa shape index (κ3) is 3.28. The third-order valence-corrected chi connectivity index (χ3v) is 2.92. The zero-order chi connectivity index (χ0) is 15.4. The molecule has 0 unspecified atom stereocenters. The Bertz CT molecular complexity index is 705. The van der Waals surface area contributed by atoms with E-state index < -0.39 is 11.5 Å². The fourth-order valence-corrected chi connectivity index (χ4v) is 1.84. The van der Waals surface area contributed by atoms with E-state index in [1.807, 2.05) is 6.92 Å². The highest BCUT2D eigenvalue weighted by Gasteiger charge is 2.13. The molecule has 1 N–H and O–H groups in total. The molecule has 2 aromatic rings. The number of nitrogens with zero attached hydrogens (tertiary/aromatic N) is 2. The molecular formula is C15H16N2O4. The largest absolute Gasteiger partial charge is 0.494 e. The number of aryl methyl sites for hydroxylation is 1. The molecule has 0 saturated heterocycles. The van der Waals surface area contributed by atoms with E-state index in [0.717, 1.165) is 22.4 Å². The van der Waals surface area contributed by atoms with E-state index in [9.17, 15) is 9.59 Å². The van der Waals surface area contributed by atoms with Crippen LogP contribution in [0.2, 0.25) is 0 Å². The molecule has 0 radical (unpaired) electrons. The van der Waals surface area contributed by atoms with E-state index in [1.165, 1.54) is 13.1 Å². The Morgan fingerprint density at radius 3 is 2.57 bits per heavy atom. The maximum atomic E-state index is 11.7. The number of carboxylic acid groups (broad SMARTS) is 1. The quantitative estimate of drug-likeness (QED) is 0.909. The molecule has 0 saturated carbocycles. The summed E-state index contributed by atoms with van der Waals surface area (Å²) < 4.78 is 6.51. The van der Waals surface area contributed by atoms with Crippen LogP contribution in [0.1, 0.15) is 23.7 Å². The summed E-state index contributed by atoms with van der Waals surface area (Å²) in [6, 6.07) is 8.43. The minimum Gasteiger partial charge on any atom is -0.494 e. The monoisotopic (exact) mass is 288 g/mol. The topological polar surface area (TPSA) is 81.4 Å². The number of carboxylic acids is 1. The second kappa shape index (κ2) is 6.21. The zero-order valence-corrected chi connectivity index (χ0v) is 11.9. The van der Waals surface area contributed by atoms with Crippen LogP contribution >= 0.6 is 0 Å². The number of ether oxygens (including phenoxy) is 1. The van der Waals surface area contributed by atoms with Gasteiger partial charge in [-0.3, -0.25) is 4.79 Å². The van der Waals surface area contributed by atoms with E-state index in [1.54, 1.807) is 24.3 Å². The summed E-state index contributed by atoms with van der Waals surface area (Å²) in [5.41, 5.74) is 0.219. The number of hydrogen-bond donors (Lipinski definition) is 1. The third-order valence-electron chi connectivity index (χ3n) is 2.92. The van der Waals surface area contributed by atoms with Gasteiger partial charge in [0.1, 0.15) is 11.3 Å². The van der Waals surface area contributed by atoms with Gasteiger partial charge in [0, 0.05) is 12.6 Å². The van der Waals surface area contributed by atoms with Crippen molar-refractivity contribution in [2.45, 2.75) is 13.3 Å². The lowest BCUT2D eigenvalue weighted by Crippen LogP contribution is -2.26. The number of aromatic nitrogens is 2. The molecule has 0 bridgehead atoms. The minimum absolute atomic E-state index is 0.297. The van der Waals surface area contributed by atoms with Gasteiger partial charge in [-0.15, -0.1) is 0 Å². The molecule has 21 heavy (non-hydrogen) atoms. The first-order chi connectivity index (χ1) is 10.0. The Hall–Kier alpha value is -2.63. The van der Waals surface area contributed by atoms with Crippen LogP contribution in [0.3, 0.4) is 0 Å². The Kier molecular flexibility index (Phi) is 4.37.